The first-order chi connectivity index (χ1) is 5.86. The van der Waals surface area contributed by atoms with E-state index in [0.29, 0.717) is 6.54 Å². The number of H-pyrrole nitrogens is 1. The van der Waals surface area contributed by atoms with Gasteiger partial charge in [-0.15, -0.1) is 11.3 Å². The molecule has 0 radical (unpaired) electrons. The molecule has 0 bridgehead atoms. The maximum atomic E-state index is 11.1. The zero-order valence-electron chi connectivity index (χ0n) is 6.36. The molecule has 0 aliphatic heterocycles. The van der Waals surface area contributed by atoms with Crippen molar-refractivity contribution >= 4 is 11.3 Å². The van der Waals surface area contributed by atoms with E-state index in [1.54, 1.807) is 28.3 Å². The number of thiophene rings is 1. The first-order valence-electron chi connectivity index (χ1n) is 3.62. The topological polar surface area (TPSA) is 37.8 Å². The number of nitrogens with zero attached hydrogens (tertiary/aromatic N) is 1. The SMILES string of the molecule is O=c1[nH]ccn1Cc1cccs1. The second-order valence-corrected chi connectivity index (χ2v) is 3.50. The van der Waals surface area contributed by atoms with Gasteiger partial charge < -0.3 is 4.98 Å². The maximum absolute atomic E-state index is 11.1. The van der Waals surface area contributed by atoms with Gasteiger partial charge in [0.25, 0.3) is 0 Å². The molecule has 0 atom stereocenters. The summed E-state index contributed by atoms with van der Waals surface area (Å²) in [7, 11) is 0. The second kappa shape index (κ2) is 2.98. The first kappa shape index (κ1) is 7.36. The van der Waals surface area contributed by atoms with Gasteiger partial charge in [-0.3, -0.25) is 4.57 Å². The Hall–Kier alpha value is -1.29. The quantitative estimate of drug-likeness (QED) is 0.743. The molecule has 2 heterocycles. The molecule has 12 heavy (non-hydrogen) atoms. The number of hydrogen-bond donors (Lipinski definition) is 1. The van der Waals surface area contributed by atoms with Crippen LogP contribution in [-0.4, -0.2) is 9.55 Å². The summed E-state index contributed by atoms with van der Waals surface area (Å²) in [6, 6.07) is 4.00. The highest BCUT2D eigenvalue weighted by atomic mass is 32.1. The summed E-state index contributed by atoms with van der Waals surface area (Å²) in [5, 5.41) is 2.01. The van der Waals surface area contributed by atoms with Gasteiger partial charge in [0.15, 0.2) is 0 Å². The highest BCUT2D eigenvalue weighted by Crippen LogP contribution is 2.08. The predicted molar refractivity (Wildman–Crippen MR) is 48.5 cm³/mol. The molecule has 2 aromatic heterocycles. The van der Waals surface area contributed by atoms with Gasteiger partial charge in [-0.05, 0) is 11.4 Å². The maximum Gasteiger partial charge on any atom is 0.325 e. The Morgan fingerprint density at radius 1 is 1.58 bits per heavy atom. The van der Waals surface area contributed by atoms with Crippen LogP contribution >= 0.6 is 11.3 Å². The summed E-state index contributed by atoms with van der Waals surface area (Å²) in [6.45, 7) is 0.667. The van der Waals surface area contributed by atoms with E-state index in [9.17, 15) is 4.79 Å². The minimum Gasteiger partial charge on any atom is -0.313 e. The van der Waals surface area contributed by atoms with Gasteiger partial charge in [0.2, 0.25) is 0 Å². The van der Waals surface area contributed by atoms with E-state index in [4.69, 9.17) is 0 Å². The highest BCUT2D eigenvalue weighted by molar-refractivity contribution is 7.09. The summed E-state index contributed by atoms with van der Waals surface area (Å²) >= 11 is 1.66. The molecule has 0 amide bonds. The van der Waals surface area contributed by atoms with Gasteiger partial charge in [-0.2, -0.15) is 0 Å². The second-order valence-electron chi connectivity index (χ2n) is 2.47. The Morgan fingerprint density at radius 3 is 3.08 bits per heavy atom. The molecule has 2 aromatic rings. The lowest BCUT2D eigenvalue weighted by atomic mass is 10.5. The van der Waals surface area contributed by atoms with Crippen LogP contribution in [0.4, 0.5) is 0 Å². The number of rotatable bonds is 2. The highest BCUT2D eigenvalue weighted by Gasteiger charge is 1.97. The largest absolute Gasteiger partial charge is 0.325 e. The molecule has 0 saturated carbocycles. The first-order valence-corrected chi connectivity index (χ1v) is 4.50. The molecule has 0 aromatic carbocycles. The van der Waals surface area contributed by atoms with Gasteiger partial charge in [-0.1, -0.05) is 6.07 Å². The Bertz CT molecular complexity index is 399. The normalized spacial score (nSPS) is 10.3. The molecule has 2 rings (SSSR count). The number of aromatic nitrogens is 2. The van der Waals surface area contributed by atoms with E-state index in [0.717, 1.165) is 0 Å². The Morgan fingerprint density at radius 2 is 2.50 bits per heavy atom. The Balaban J connectivity index is 2.25. The van der Waals surface area contributed by atoms with Gasteiger partial charge >= 0.3 is 5.69 Å². The zero-order chi connectivity index (χ0) is 8.39. The minimum atomic E-state index is -0.0524. The summed E-state index contributed by atoms with van der Waals surface area (Å²) < 4.78 is 1.64. The van der Waals surface area contributed by atoms with Crippen LogP contribution in [0.1, 0.15) is 4.88 Å². The number of nitrogens with one attached hydrogen (secondary N) is 1. The standard InChI is InChI=1S/C8H8N2OS/c11-8-9-3-4-10(8)6-7-2-1-5-12-7/h1-5H,6H2,(H,9,11). The summed E-state index contributed by atoms with van der Waals surface area (Å²) in [4.78, 5) is 14.8. The predicted octanol–water partition coefficient (Wildman–Crippen LogP) is 1.29. The molecule has 62 valence electrons. The average Bonchev–Trinajstić information content (AvgIpc) is 2.65. The lowest BCUT2D eigenvalue weighted by molar-refractivity contribution is 0.772. The third kappa shape index (κ3) is 1.33. The molecule has 0 aliphatic carbocycles. The number of aromatic amines is 1. The van der Waals surface area contributed by atoms with Crippen molar-refractivity contribution in [2.75, 3.05) is 0 Å². The Labute approximate surface area is 73.3 Å². The van der Waals surface area contributed by atoms with Crippen molar-refractivity contribution in [2.24, 2.45) is 0 Å². The van der Waals surface area contributed by atoms with E-state index < -0.39 is 0 Å². The van der Waals surface area contributed by atoms with Crippen LogP contribution in [0.5, 0.6) is 0 Å². The van der Waals surface area contributed by atoms with Crippen LogP contribution in [0.15, 0.2) is 34.7 Å². The summed E-state index contributed by atoms with van der Waals surface area (Å²) in [5.41, 5.74) is -0.0524. The summed E-state index contributed by atoms with van der Waals surface area (Å²) in [5.74, 6) is 0. The van der Waals surface area contributed by atoms with Crippen LogP contribution in [0.2, 0.25) is 0 Å². The number of hydrogen-bond acceptors (Lipinski definition) is 2. The van der Waals surface area contributed by atoms with Crippen molar-refractivity contribution in [3.05, 3.63) is 45.3 Å². The smallest absolute Gasteiger partial charge is 0.313 e. The minimum absolute atomic E-state index is 0.0524. The average molecular weight is 180 g/mol. The number of imidazole rings is 1. The third-order valence-corrected chi connectivity index (χ3v) is 2.49. The zero-order valence-corrected chi connectivity index (χ0v) is 7.17. The lowest BCUT2D eigenvalue weighted by Gasteiger charge is -1.95. The van der Waals surface area contributed by atoms with Crippen LogP contribution in [0.3, 0.4) is 0 Å². The molecule has 4 heteroatoms. The van der Waals surface area contributed by atoms with Crippen LogP contribution in [0.25, 0.3) is 0 Å². The van der Waals surface area contributed by atoms with Crippen molar-refractivity contribution in [1.29, 1.82) is 0 Å². The monoisotopic (exact) mass is 180 g/mol. The van der Waals surface area contributed by atoms with Crippen molar-refractivity contribution in [3.8, 4) is 0 Å². The van der Waals surface area contributed by atoms with Crippen molar-refractivity contribution in [2.45, 2.75) is 6.54 Å². The molecular weight excluding hydrogens is 172 g/mol. The van der Waals surface area contributed by atoms with Crippen molar-refractivity contribution in [1.82, 2.24) is 9.55 Å². The van der Waals surface area contributed by atoms with Crippen LogP contribution in [-0.2, 0) is 6.54 Å². The van der Waals surface area contributed by atoms with Crippen molar-refractivity contribution in [3.63, 3.8) is 0 Å². The molecule has 1 N–H and O–H groups in total. The van der Waals surface area contributed by atoms with Gasteiger partial charge in [0.1, 0.15) is 0 Å². The molecular formula is C8H8N2OS. The molecule has 0 spiro atoms. The van der Waals surface area contributed by atoms with E-state index in [2.05, 4.69) is 4.98 Å². The van der Waals surface area contributed by atoms with E-state index >= 15 is 0 Å². The van der Waals surface area contributed by atoms with E-state index in [-0.39, 0.29) is 5.69 Å². The van der Waals surface area contributed by atoms with Crippen molar-refractivity contribution < 1.29 is 0 Å². The Kier molecular flexibility index (Phi) is 1.83. The fourth-order valence-corrected chi connectivity index (χ4v) is 1.75. The summed E-state index contributed by atoms with van der Waals surface area (Å²) in [6.07, 6.45) is 3.40. The fraction of sp³-hybridized carbons (Fsp3) is 0.125. The van der Waals surface area contributed by atoms with Crippen LogP contribution < -0.4 is 5.69 Å². The van der Waals surface area contributed by atoms with Gasteiger partial charge in [0.05, 0.1) is 6.54 Å². The van der Waals surface area contributed by atoms with Gasteiger partial charge in [-0.25, -0.2) is 4.79 Å². The molecule has 0 aliphatic rings. The molecule has 0 fully saturated rings. The van der Waals surface area contributed by atoms with Gasteiger partial charge in [0, 0.05) is 17.3 Å². The molecule has 3 nitrogen and oxygen atoms in total. The fourth-order valence-electron chi connectivity index (χ4n) is 1.04. The lowest BCUT2D eigenvalue weighted by Crippen LogP contribution is -2.15. The molecule has 0 unspecified atom stereocenters. The van der Waals surface area contributed by atoms with E-state index in [1.165, 1.54) is 4.88 Å². The molecule has 0 saturated heterocycles. The van der Waals surface area contributed by atoms with Crippen LogP contribution in [0, 0.1) is 0 Å². The third-order valence-electron chi connectivity index (χ3n) is 1.63. The van der Waals surface area contributed by atoms with E-state index in [1.807, 2.05) is 17.5 Å².